The van der Waals surface area contributed by atoms with Gasteiger partial charge in [0.15, 0.2) is 0 Å². The van der Waals surface area contributed by atoms with Gasteiger partial charge < -0.3 is 19.5 Å². The zero-order chi connectivity index (χ0) is 28.7. The molecule has 1 N–H and O–H groups in total. The first-order valence-corrected chi connectivity index (χ1v) is 14.8. The van der Waals surface area contributed by atoms with Crippen LogP contribution in [0, 0.1) is 12.8 Å². The van der Waals surface area contributed by atoms with E-state index in [0.717, 1.165) is 11.3 Å². The van der Waals surface area contributed by atoms with Gasteiger partial charge >= 0.3 is 0 Å². The number of fused-ring (bicyclic) bond motifs is 1. The first-order valence-electron chi connectivity index (χ1n) is 14.0. The molecule has 2 atom stereocenters. The smallest absolute Gasteiger partial charge is 0.262 e. The third-order valence-electron chi connectivity index (χ3n) is 8.75. The third kappa shape index (κ3) is 5.19. The monoisotopic (exact) mass is 574 g/mol. The number of aromatic nitrogens is 4. The van der Waals surface area contributed by atoms with E-state index in [0.29, 0.717) is 62.0 Å². The van der Waals surface area contributed by atoms with E-state index in [1.165, 1.54) is 22.4 Å². The summed E-state index contributed by atoms with van der Waals surface area (Å²) in [6, 6.07) is 11.7. The number of rotatable bonds is 5. The molecule has 214 valence electrons. The number of nitrogens with zero attached hydrogens (tertiary/aromatic N) is 6. The van der Waals surface area contributed by atoms with Crippen molar-refractivity contribution < 1.29 is 14.7 Å². The molecule has 2 aliphatic rings. The highest BCUT2D eigenvalue weighted by Gasteiger charge is 2.42. The van der Waals surface area contributed by atoms with Crippen LogP contribution in [0.25, 0.3) is 11.0 Å². The molecule has 0 spiro atoms. The van der Waals surface area contributed by atoms with Crippen LogP contribution in [0.4, 0.5) is 0 Å². The summed E-state index contributed by atoms with van der Waals surface area (Å²) in [5.41, 5.74) is 1.73. The average molecular weight is 575 g/mol. The zero-order valence-corrected chi connectivity index (χ0v) is 24.1. The molecule has 11 heteroatoms. The molecule has 0 bridgehead atoms. The number of aliphatic hydroxyl groups is 1. The molecule has 0 saturated carbocycles. The summed E-state index contributed by atoms with van der Waals surface area (Å²) in [6.07, 6.45) is 4.60. The van der Waals surface area contributed by atoms with E-state index in [9.17, 15) is 19.5 Å². The number of hydrogen-bond donors (Lipinski definition) is 1. The maximum absolute atomic E-state index is 13.9. The molecule has 6 rings (SSSR count). The predicted molar refractivity (Wildman–Crippen MR) is 156 cm³/mol. The second-order valence-corrected chi connectivity index (χ2v) is 12.0. The molecule has 10 nitrogen and oxygen atoms in total. The highest BCUT2D eigenvalue weighted by molar-refractivity contribution is 7.03. The maximum Gasteiger partial charge on any atom is 0.262 e. The normalized spacial score (nSPS) is 20.9. The Morgan fingerprint density at radius 3 is 2.56 bits per heavy atom. The number of aryl methyl sites for hydroxylation is 2. The molecule has 3 aromatic heterocycles. The van der Waals surface area contributed by atoms with Crippen molar-refractivity contribution in [2.24, 2.45) is 13.0 Å². The zero-order valence-electron chi connectivity index (χ0n) is 23.3. The van der Waals surface area contributed by atoms with Crippen LogP contribution in [0.2, 0.25) is 0 Å². The third-order valence-corrected chi connectivity index (χ3v) is 9.47. The Labute approximate surface area is 242 Å². The molecule has 2 saturated heterocycles. The van der Waals surface area contributed by atoms with E-state index < -0.39 is 5.60 Å². The van der Waals surface area contributed by atoms with Gasteiger partial charge in [-0.2, -0.15) is 4.37 Å². The van der Waals surface area contributed by atoms with Gasteiger partial charge in [-0.1, -0.05) is 30.3 Å². The molecule has 0 aliphatic carbocycles. The molecule has 4 aromatic rings. The minimum atomic E-state index is -1.11. The van der Waals surface area contributed by atoms with Gasteiger partial charge in [0.2, 0.25) is 5.91 Å². The highest BCUT2D eigenvalue weighted by Crippen LogP contribution is 2.36. The first-order chi connectivity index (χ1) is 19.7. The Hall–Kier alpha value is -3.83. The van der Waals surface area contributed by atoms with Gasteiger partial charge in [-0.05, 0) is 49.3 Å². The summed E-state index contributed by atoms with van der Waals surface area (Å²) in [4.78, 5) is 48.3. The number of carbonyl (C=O) groups is 2. The summed E-state index contributed by atoms with van der Waals surface area (Å²) < 4.78 is 7.53. The molecule has 2 fully saturated rings. The molecule has 41 heavy (non-hydrogen) atoms. The number of piperidine rings is 2. The van der Waals surface area contributed by atoms with E-state index in [1.54, 1.807) is 22.2 Å². The van der Waals surface area contributed by atoms with E-state index in [4.69, 9.17) is 0 Å². The summed E-state index contributed by atoms with van der Waals surface area (Å²) in [5.74, 6) is -0.367. The fourth-order valence-corrected chi connectivity index (χ4v) is 6.97. The number of hydrogen-bond acceptors (Lipinski definition) is 7. The van der Waals surface area contributed by atoms with E-state index in [2.05, 4.69) is 9.36 Å². The van der Waals surface area contributed by atoms with Crippen molar-refractivity contribution in [3.63, 3.8) is 0 Å². The minimum Gasteiger partial charge on any atom is -0.388 e. The van der Waals surface area contributed by atoms with Crippen LogP contribution in [-0.2, 0) is 18.4 Å². The van der Waals surface area contributed by atoms with Crippen molar-refractivity contribution in [1.29, 1.82) is 0 Å². The molecule has 0 unspecified atom stereocenters. The maximum atomic E-state index is 13.9. The number of likely N-dealkylation sites (tertiary alicyclic amines) is 2. The highest BCUT2D eigenvalue weighted by atomic mass is 32.1. The molecule has 5 heterocycles. The van der Waals surface area contributed by atoms with E-state index in [-0.39, 0.29) is 35.8 Å². The quantitative estimate of drug-likeness (QED) is 0.392. The van der Waals surface area contributed by atoms with Crippen LogP contribution in [0.15, 0.2) is 59.1 Å². The number of benzene rings is 1. The molecule has 2 amide bonds. The van der Waals surface area contributed by atoms with Crippen molar-refractivity contribution in [2.45, 2.75) is 44.2 Å². The fourth-order valence-electron chi connectivity index (χ4n) is 6.28. The van der Waals surface area contributed by atoms with Crippen LogP contribution < -0.4 is 5.56 Å². The van der Waals surface area contributed by atoms with Gasteiger partial charge in [-0.3, -0.25) is 19.0 Å². The summed E-state index contributed by atoms with van der Waals surface area (Å²) in [6.45, 7) is 3.76. The lowest BCUT2D eigenvalue weighted by molar-refractivity contribution is -0.142. The van der Waals surface area contributed by atoms with Gasteiger partial charge in [0.25, 0.3) is 11.5 Å². The van der Waals surface area contributed by atoms with Gasteiger partial charge in [0.1, 0.15) is 12.0 Å². The second kappa shape index (κ2) is 10.9. The van der Waals surface area contributed by atoms with Crippen molar-refractivity contribution in [3.05, 3.63) is 81.5 Å². The first kappa shape index (κ1) is 27.3. The lowest BCUT2D eigenvalue weighted by Gasteiger charge is -2.43. The fraction of sp³-hybridized carbons (Fsp3) is 0.433. The largest absolute Gasteiger partial charge is 0.388 e. The van der Waals surface area contributed by atoms with Gasteiger partial charge in [-0.25, -0.2) is 4.98 Å². The topological polar surface area (TPSA) is 114 Å². The Kier molecular flexibility index (Phi) is 7.25. The Morgan fingerprint density at radius 2 is 1.85 bits per heavy atom. The van der Waals surface area contributed by atoms with E-state index >= 15 is 0 Å². The van der Waals surface area contributed by atoms with Crippen molar-refractivity contribution in [1.82, 2.24) is 28.3 Å². The summed E-state index contributed by atoms with van der Waals surface area (Å²) >= 11 is 1.28. The van der Waals surface area contributed by atoms with Crippen molar-refractivity contribution >= 4 is 34.4 Å². The SMILES string of the molecule is Cc1nscc1C(=O)N1CC[C@@H](C(=O)N2CCC(O)(Cn3cnc4c(ccn4C)c3=O)CC2)[C@H](c2ccccc2)C1. The molecule has 2 aliphatic heterocycles. The summed E-state index contributed by atoms with van der Waals surface area (Å²) in [7, 11) is 1.84. The minimum absolute atomic E-state index is 0.0375. The van der Waals surface area contributed by atoms with Crippen molar-refractivity contribution in [2.75, 3.05) is 26.2 Å². The number of carbonyl (C=O) groups excluding carboxylic acids is 2. The lowest BCUT2D eigenvalue weighted by atomic mass is 9.79. The van der Waals surface area contributed by atoms with Crippen LogP contribution in [0.5, 0.6) is 0 Å². The lowest BCUT2D eigenvalue weighted by Crippen LogP contribution is -2.53. The van der Waals surface area contributed by atoms with Gasteiger partial charge in [0.05, 0.1) is 28.8 Å². The molecular weight excluding hydrogens is 540 g/mol. The average Bonchev–Trinajstić information content (AvgIpc) is 3.59. The van der Waals surface area contributed by atoms with Crippen LogP contribution in [0.3, 0.4) is 0 Å². The van der Waals surface area contributed by atoms with Crippen LogP contribution in [-0.4, -0.2) is 77.0 Å². The Bertz CT molecular complexity index is 1640. The van der Waals surface area contributed by atoms with E-state index in [1.807, 2.05) is 54.1 Å². The van der Waals surface area contributed by atoms with Crippen LogP contribution in [0.1, 0.15) is 46.8 Å². The van der Waals surface area contributed by atoms with Crippen LogP contribution >= 0.6 is 11.5 Å². The van der Waals surface area contributed by atoms with Gasteiger partial charge in [-0.15, -0.1) is 0 Å². The molecule has 0 radical (unpaired) electrons. The molecular formula is C30H34N6O4S. The van der Waals surface area contributed by atoms with Gasteiger partial charge in [0, 0.05) is 56.6 Å². The summed E-state index contributed by atoms with van der Waals surface area (Å²) in [5, 5.41) is 13.7. The Morgan fingerprint density at radius 1 is 1.10 bits per heavy atom. The van der Waals surface area contributed by atoms with Crippen molar-refractivity contribution in [3.8, 4) is 0 Å². The second-order valence-electron chi connectivity index (χ2n) is 11.4. The molecule has 1 aromatic carbocycles. The predicted octanol–water partition coefficient (Wildman–Crippen LogP) is 2.80. The number of amides is 2. The standard InChI is InChI=1S/C30H34N6O4S/c1-20-25(17-41-32-20)29(39)35-13-9-22(24(16-35)21-6-4-3-5-7-21)27(37)34-14-10-30(40,11-15-34)18-36-19-31-26-23(28(36)38)8-12-33(26)2/h3-8,12,17,19,22,24,40H,9-11,13-16,18H2,1-2H3/t22-,24+/m1/s1. The Balaban J connectivity index is 1.15.